The average molecular weight is 464 g/mol. The SMILES string of the molecule is Cc1ccc(C(=O)NC(=S)N(Cc2ccccc2)CC2CC2)cc1I. The largest absolute Gasteiger partial charge is 0.344 e. The van der Waals surface area contributed by atoms with Gasteiger partial charge in [0.2, 0.25) is 0 Å². The first-order valence-corrected chi connectivity index (χ1v) is 9.92. The van der Waals surface area contributed by atoms with Gasteiger partial charge in [-0.2, -0.15) is 0 Å². The van der Waals surface area contributed by atoms with E-state index in [-0.39, 0.29) is 5.91 Å². The van der Waals surface area contributed by atoms with Gasteiger partial charge in [-0.25, -0.2) is 0 Å². The van der Waals surface area contributed by atoms with Gasteiger partial charge in [-0.15, -0.1) is 0 Å². The quantitative estimate of drug-likeness (QED) is 0.522. The van der Waals surface area contributed by atoms with Crippen LogP contribution < -0.4 is 5.32 Å². The molecule has 0 spiro atoms. The third-order valence-corrected chi connectivity index (χ3v) is 5.86. The molecule has 0 aliphatic heterocycles. The molecule has 0 aromatic heterocycles. The molecule has 1 amide bonds. The van der Waals surface area contributed by atoms with Crippen LogP contribution in [0.5, 0.6) is 0 Å². The van der Waals surface area contributed by atoms with Crippen molar-refractivity contribution >= 4 is 45.8 Å². The Morgan fingerprint density at radius 2 is 1.96 bits per heavy atom. The Kier molecular flexibility index (Phi) is 6.06. The second kappa shape index (κ2) is 8.27. The van der Waals surface area contributed by atoms with E-state index < -0.39 is 0 Å². The highest BCUT2D eigenvalue weighted by molar-refractivity contribution is 14.1. The van der Waals surface area contributed by atoms with Gasteiger partial charge < -0.3 is 4.90 Å². The third kappa shape index (κ3) is 5.25. The van der Waals surface area contributed by atoms with Crippen molar-refractivity contribution in [3.05, 3.63) is 68.8 Å². The van der Waals surface area contributed by atoms with Gasteiger partial charge in [-0.3, -0.25) is 10.1 Å². The normalized spacial score (nSPS) is 13.4. The molecule has 0 saturated heterocycles. The minimum absolute atomic E-state index is 0.142. The monoisotopic (exact) mass is 464 g/mol. The van der Waals surface area contributed by atoms with Crippen LogP contribution in [-0.4, -0.2) is 22.5 Å². The van der Waals surface area contributed by atoms with Crippen molar-refractivity contribution in [1.29, 1.82) is 0 Å². The van der Waals surface area contributed by atoms with Crippen molar-refractivity contribution in [2.24, 2.45) is 5.92 Å². The predicted molar refractivity (Wildman–Crippen MR) is 114 cm³/mol. The van der Waals surface area contributed by atoms with E-state index in [2.05, 4.69) is 44.9 Å². The number of hydrogen-bond donors (Lipinski definition) is 1. The van der Waals surface area contributed by atoms with E-state index in [0.29, 0.717) is 16.6 Å². The van der Waals surface area contributed by atoms with Crippen LogP contribution >= 0.6 is 34.8 Å². The van der Waals surface area contributed by atoms with Crippen molar-refractivity contribution in [2.45, 2.75) is 26.3 Å². The lowest BCUT2D eigenvalue weighted by atomic mass is 10.1. The molecule has 25 heavy (non-hydrogen) atoms. The number of nitrogens with zero attached hydrogens (tertiary/aromatic N) is 1. The first-order chi connectivity index (χ1) is 12.0. The van der Waals surface area contributed by atoms with E-state index in [4.69, 9.17) is 12.2 Å². The molecular formula is C20H21IN2OS. The maximum absolute atomic E-state index is 12.5. The summed E-state index contributed by atoms with van der Waals surface area (Å²) in [5, 5.41) is 3.42. The number of nitrogens with one attached hydrogen (secondary N) is 1. The maximum Gasteiger partial charge on any atom is 0.257 e. The van der Waals surface area contributed by atoms with E-state index in [9.17, 15) is 4.79 Å². The van der Waals surface area contributed by atoms with Crippen LogP contribution in [-0.2, 0) is 6.54 Å². The first-order valence-electron chi connectivity index (χ1n) is 8.43. The predicted octanol–water partition coefficient (Wildman–Crippen LogP) is 4.53. The maximum atomic E-state index is 12.5. The van der Waals surface area contributed by atoms with Crippen molar-refractivity contribution in [3.8, 4) is 0 Å². The molecule has 5 heteroatoms. The summed E-state index contributed by atoms with van der Waals surface area (Å²) in [5.41, 5.74) is 3.01. The zero-order chi connectivity index (χ0) is 17.8. The molecule has 1 aliphatic carbocycles. The van der Waals surface area contributed by atoms with Crippen LogP contribution in [0.4, 0.5) is 0 Å². The molecular weight excluding hydrogens is 443 g/mol. The summed E-state index contributed by atoms with van der Waals surface area (Å²) in [6.07, 6.45) is 2.50. The summed E-state index contributed by atoms with van der Waals surface area (Å²) in [6, 6.07) is 16.0. The van der Waals surface area contributed by atoms with Crippen LogP contribution in [0.2, 0.25) is 0 Å². The summed E-state index contributed by atoms with van der Waals surface area (Å²) < 4.78 is 1.08. The van der Waals surface area contributed by atoms with Gasteiger partial charge in [0.1, 0.15) is 0 Å². The lowest BCUT2D eigenvalue weighted by Crippen LogP contribution is -2.43. The van der Waals surface area contributed by atoms with Gasteiger partial charge in [-0.05, 0) is 83.8 Å². The Bertz CT molecular complexity index is 775. The molecule has 1 saturated carbocycles. The van der Waals surface area contributed by atoms with Crippen LogP contribution in [0.25, 0.3) is 0 Å². The standard InChI is InChI=1S/C20H21IN2OS/c1-14-7-10-17(11-18(14)21)19(24)22-20(25)23(13-16-8-9-16)12-15-5-3-2-4-6-15/h2-7,10-11,16H,8-9,12-13H2,1H3,(H,22,24,25). The smallest absolute Gasteiger partial charge is 0.257 e. The molecule has 130 valence electrons. The number of rotatable bonds is 5. The van der Waals surface area contributed by atoms with Gasteiger partial charge in [0.25, 0.3) is 5.91 Å². The highest BCUT2D eigenvalue weighted by Crippen LogP contribution is 2.30. The minimum atomic E-state index is -0.142. The van der Waals surface area contributed by atoms with Gasteiger partial charge in [0.05, 0.1) is 0 Å². The van der Waals surface area contributed by atoms with Gasteiger partial charge in [0, 0.05) is 22.2 Å². The van der Waals surface area contributed by atoms with Crippen molar-refractivity contribution in [1.82, 2.24) is 10.2 Å². The van der Waals surface area contributed by atoms with Crippen molar-refractivity contribution in [3.63, 3.8) is 0 Å². The third-order valence-electron chi connectivity index (χ3n) is 4.33. The van der Waals surface area contributed by atoms with Gasteiger partial charge in [-0.1, -0.05) is 36.4 Å². The number of carbonyl (C=O) groups is 1. The molecule has 3 nitrogen and oxygen atoms in total. The van der Waals surface area contributed by atoms with Gasteiger partial charge >= 0.3 is 0 Å². The summed E-state index contributed by atoms with van der Waals surface area (Å²) in [6.45, 7) is 3.66. The molecule has 0 bridgehead atoms. The Hall–Kier alpha value is -1.47. The van der Waals surface area contributed by atoms with E-state index in [1.165, 1.54) is 24.0 Å². The van der Waals surface area contributed by atoms with E-state index in [1.54, 1.807) is 0 Å². The molecule has 1 aliphatic rings. The number of amides is 1. The van der Waals surface area contributed by atoms with Crippen LogP contribution in [0.1, 0.15) is 34.3 Å². The fraction of sp³-hybridized carbons (Fsp3) is 0.300. The summed E-state index contributed by atoms with van der Waals surface area (Å²) in [7, 11) is 0. The molecule has 0 radical (unpaired) electrons. The number of carbonyl (C=O) groups excluding carboxylic acids is 1. The zero-order valence-electron chi connectivity index (χ0n) is 14.2. The topological polar surface area (TPSA) is 32.3 Å². The van der Waals surface area contributed by atoms with E-state index in [1.807, 2.05) is 43.3 Å². The Morgan fingerprint density at radius 1 is 1.24 bits per heavy atom. The molecule has 0 atom stereocenters. The van der Waals surface area contributed by atoms with Crippen LogP contribution in [0.15, 0.2) is 48.5 Å². The number of benzene rings is 2. The lowest BCUT2D eigenvalue weighted by molar-refractivity contribution is 0.0972. The average Bonchev–Trinajstić information content (AvgIpc) is 3.41. The van der Waals surface area contributed by atoms with Crippen LogP contribution in [0.3, 0.4) is 0 Å². The number of aryl methyl sites for hydroxylation is 1. The fourth-order valence-corrected chi connectivity index (χ4v) is 3.36. The molecule has 3 rings (SSSR count). The second-order valence-electron chi connectivity index (χ2n) is 6.53. The van der Waals surface area contributed by atoms with E-state index >= 15 is 0 Å². The fourth-order valence-electron chi connectivity index (χ4n) is 2.62. The summed E-state index contributed by atoms with van der Waals surface area (Å²) >= 11 is 7.79. The molecule has 1 fully saturated rings. The zero-order valence-corrected chi connectivity index (χ0v) is 17.1. The molecule has 2 aromatic carbocycles. The van der Waals surface area contributed by atoms with Crippen LogP contribution in [0, 0.1) is 16.4 Å². The number of halogens is 1. The van der Waals surface area contributed by atoms with Crippen molar-refractivity contribution < 1.29 is 4.79 Å². The van der Waals surface area contributed by atoms with E-state index in [0.717, 1.165) is 16.7 Å². The second-order valence-corrected chi connectivity index (χ2v) is 8.08. The molecule has 0 heterocycles. The minimum Gasteiger partial charge on any atom is -0.344 e. The molecule has 2 aromatic rings. The first kappa shape index (κ1) is 18.3. The highest BCUT2D eigenvalue weighted by Gasteiger charge is 2.26. The summed E-state index contributed by atoms with van der Waals surface area (Å²) in [4.78, 5) is 14.7. The molecule has 0 unspecified atom stereocenters. The highest BCUT2D eigenvalue weighted by atomic mass is 127. The lowest BCUT2D eigenvalue weighted by Gasteiger charge is -2.25. The number of thiocarbonyl (C=S) groups is 1. The van der Waals surface area contributed by atoms with Gasteiger partial charge in [0.15, 0.2) is 5.11 Å². The Balaban J connectivity index is 1.68. The Labute approximate surface area is 167 Å². The van der Waals surface area contributed by atoms with Crippen molar-refractivity contribution in [2.75, 3.05) is 6.54 Å². The number of hydrogen-bond acceptors (Lipinski definition) is 2. The Morgan fingerprint density at radius 3 is 2.60 bits per heavy atom. The summed E-state index contributed by atoms with van der Waals surface area (Å²) in [5.74, 6) is 0.552. The molecule has 1 N–H and O–H groups in total.